The van der Waals surface area contributed by atoms with Crippen LogP contribution in [0.15, 0.2) is 40.8 Å². The highest BCUT2D eigenvalue weighted by atomic mass is 16.3. The number of fused-ring (bicyclic) bond motifs is 3. The Hall–Kier alpha value is -1.84. The Morgan fingerprint density at radius 1 is 0.810 bits per heavy atom. The van der Waals surface area contributed by atoms with E-state index in [1.807, 2.05) is 50.2 Å². The first kappa shape index (κ1) is 14.1. The summed E-state index contributed by atoms with van der Waals surface area (Å²) in [4.78, 5) is 0. The second kappa shape index (κ2) is 5.51. The minimum atomic E-state index is -0.534. The minimum Gasteiger partial charge on any atom is -0.455 e. The van der Waals surface area contributed by atoms with Gasteiger partial charge in [0.05, 0.1) is 12.2 Å². The smallest absolute Gasteiger partial charge is 0.141 e. The summed E-state index contributed by atoms with van der Waals surface area (Å²) in [6, 6.07) is 11.7. The highest BCUT2D eigenvalue weighted by molar-refractivity contribution is 6.07. The molecule has 0 spiro atoms. The monoisotopic (exact) mass is 284 g/mol. The van der Waals surface area contributed by atoms with Gasteiger partial charge in [-0.3, -0.25) is 0 Å². The molecule has 0 radical (unpaired) electrons. The normalized spacial score (nSPS) is 14.7. The summed E-state index contributed by atoms with van der Waals surface area (Å²) in [6.45, 7) is 3.89. The quantitative estimate of drug-likeness (QED) is 0.743. The molecule has 21 heavy (non-hydrogen) atoms. The van der Waals surface area contributed by atoms with Crippen LogP contribution < -0.4 is 0 Å². The molecule has 0 bridgehead atoms. The topological polar surface area (TPSA) is 53.6 Å². The van der Waals surface area contributed by atoms with Crippen molar-refractivity contribution in [1.82, 2.24) is 0 Å². The average molecular weight is 284 g/mol. The number of hydrogen-bond acceptors (Lipinski definition) is 3. The first-order chi connectivity index (χ1) is 10.2. The van der Waals surface area contributed by atoms with Gasteiger partial charge in [0.2, 0.25) is 0 Å². The van der Waals surface area contributed by atoms with Crippen molar-refractivity contribution in [1.29, 1.82) is 0 Å². The molecule has 3 aromatic rings. The number of aliphatic hydroxyl groups excluding tert-OH is 2. The molecule has 0 aliphatic carbocycles. The summed E-state index contributed by atoms with van der Waals surface area (Å²) in [7, 11) is 0. The second-order valence-electron chi connectivity index (χ2n) is 5.40. The molecular weight excluding hydrogens is 264 g/mol. The Morgan fingerprint density at radius 3 is 1.62 bits per heavy atom. The number of para-hydroxylation sites is 2. The Labute approximate surface area is 123 Å². The maximum Gasteiger partial charge on any atom is 0.141 e. The van der Waals surface area contributed by atoms with Crippen LogP contribution in [-0.4, -0.2) is 10.2 Å². The van der Waals surface area contributed by atoms with Crippen LogP contribution in [0.25, 0.3) is 21.9 Å². The van der Waals surface area contributed by atoms with Crippen LogP contribution >= 0.6 is 0 Å². The van der Waals surface area contributed by atoms with E-state index in [4.69, 9.17) is 4.42 Å². The lowest BCUT2D eigenvalue weighted by atomic mass is 10.0. The zero-order valence-electron chi connectivity index (χ0n) is 12.3. The molecule has 3 rings (SSSR count). The van der Waals surface area contributed by atoms with Gasteiger partial charge in [-0.25, -0.2) is 0 Å². The third kappa shape index (κ3) is 2.23. The number of rotatable bonds is 4. The van der Waals surface area contributed by atoms with E-state index in [-0.39, 0.29) is 0 Å². The van der Waals surface area contributed by atoms with Gasteiger partial charge in [-0.1, -0.05) is 50.2 Å². The molecule has 0 aliphatic rings. The van der Waals surface area contributed by atoms with Gasteiger partial charge in [-0.05, 0) is 12.8 Å². The molecule has 3 nitrogen and oxygen atoms in total. The van der Waals surface area contributed by atoms with Crippen LogP contribution in [0.3, 0.4) is 0 Å². The molecule has 0 aliphatic heterocycles. The van der Waals surface area contributed by atoms with Gasteiger partial charge in [0.25, 0.3) is 0 Å². The number of furan rings is 1. The highest BCUT2D eigenvalue weighted by Crippen LogP contribution is 2.37. The van der Waals surface area contributed by atoms with Gasteiger partial charge >= 0.3 is 0 Å². The first-order valence-electron chi connectivity index (χ1n) is 7.47. The van der Waals surface area contributed by atoms with E-state index in [0.717, 1.165) is 33.1 Å². The van der Waals surface area contributed by atoms with Crippen LogP contribution in [0.1, 0.15) is 50.0 Å². The molecule has 2 N–H and O–H groups in total. The molecule has 1 aromatic heterocycles. The van der Waals surface area contributed by atoms with Gasteiger partial charge < -0.3 is 14.6 Å². The Balaban J connectivity index is 2.34. The second-order valence-corrected chi connectivity index (χ2v) is 5.40. The van der Waals surface area contributed by atoms with Crippen molar-refractivity contribution in [2.75, 3.05) is 0 Å². The van der Waals surface area contributed by atoms with Gasteiger partial charge in [0.15, 0.2) is 0 Å². The lowest BCUT2D eigenvalue weighted by Crippen LogP contribution is -1.95. The van der Waals surface area contributed by atoms with Crippen molar-refractivity contribution in [3.63, 3.8) is 0 Å². The zero-order valence-corrected chi connectivity index (χ0v) is 12.3. The fourth-order valence-electron chi connectivity index (χ4n) is 2.83. The van der Waals surface area contributed by atoms with Crippen LogP contribution in [0.5, 0.6) is 0 Å². The van der Waals surface area contributed by atoms with Crippen LogP contribution in [0, 0.1) is 0 Å². The van der Waals surface area contributed by atoms with E-state index in [0.29, 0.717) is 12.8 Å². The van der Waals surface area contributed by atoms with Crippen molar-refractivity contribution in [3.05, 3.63) is 47.5 Å². The van der Waals surface area contributed by atoms with Crippen molar-refractivity contribution in [2.45, 2.75) is 38.9 Å². The van der Waals surface area contributed by atoms with E-state index in [9.17, 15) is 10.2 Å². The molecule has 3 heteroatoms. The van der Waals surface area contributed by atoms with E-state index in [1.54, 1.807) is 0 Å². The molecule has 0 amide bonds. The van der Waals surface area contributed by atoms with E-state index in [1.165, 1.54) is 0 Å². The molecule has 0 saturated heterocycles. The number of hydrogen-bond donors (Lipinski definition) is 2. The van der Waals surface area contributed by atoms with Crippen LogP contribution in [0.4, 0.5) is 0 Å². The van der Waals surface area contributed by atoms with Crippen molar-refractivity contribution >= 4 is 21.9 Å². The molecule has 2 aromatic carbocycles. The molecule has 1 heterocycles. The zero-order chi connectivity index (χ0) is 15.0. The summed E-state index contributed by atoms with van der Waals surface area (Å²) in [5.41, 5.74) is 3.06. The summed E-state index contributed by atoms with van der Waals surface area (Å²) in [5, 5.41) is 22.3. The maximum absolute atomic E-state index is 10.2. The molecule has 0 saturated carbocycles. The Bertz CT molecular complexity index is 708. The summed E-state index contributed by atoms with van der Waals surface area (Å²) >= 11 is 0. The van der Waals surface area contributed by atoms with E-state index < -0.39 is 12.2 Å². The fourth-order valence-corrected chi connectivity index (χ4v) is 2.83. The lowest BCUT2D eigenvalue weighted by molar-refractivity contribution is 0.173. The minimum absolute atomic E-state index is 0.534. The lowest BCUT2D eigenvalue weighted by Gasteiger charge is -2.08. The largest absolute Gasteiger partial charge is 0.455 e. The number of aliphatic hydroxyl groups is 2. The van der Waals surface area contributed by atoms with E-state index in [2.05, 4.69) is 0 Å². The Kier molecular flexibility index (Phi) is 3.70. The van der Waals surface area contributed by atoms with Gasteiger partial charge in [0.1, 0.15) is 11.2 Å². The third-order valence-corrected chi connectivity index (χ3v) is 4.08. The van der Waals surface area contributed by atoms with Crippen molar-refractivity contribution < 1.29 is 14.6 Å². The maximum atomic E-state index is 10.2. The SMILES string of the molecule is CC[C@H](O)c1cccc2c1oc1c([C@@H](O)CC)cccc12. The highest BCUT2D eigenvalue weighted by Gasteiger charge is 2.18. The van der Waals surface area contributed by atoms with Crippen LogP contribution in [0.2, 0.25) is 0 Å². The molecule has 2 atom stereocenters. The van der Waals surface area contributed by atoms with Crippen LogP contribution in [-0.2, 0) is 0 Å². The first-order valence-corrected chi connectivity index (χ1v) is 7.47. The molecule has 0 fully saturated rings. The summed E-state index contributed by atoms with van der Waals surface area (Å²) in [6.07, 6.45) is 0.212. The van der Waals surface area contributed by atoms with E-state index >= 15 is 0 Å². The average Bonchev–Trinajstić information content (AvgIpc) is 2.91. The van der Waals surface area contributed by atoms with Gasteiger partial charge in [0, 0.05) is 21.9 Å². The Morgan fingerprint density at radius 2 is 1.24 bits per heavy atom. The van der Waals surface area contributed by atoms with Gasteiger partial charge in [-0.15, -0.1) is 0 Å². The van der Waals surface area contributed by atoms with Crippen molar-refractivity contribution in [2.24, 2.45) is 0 Å². The van der Waals surface area contributed by atoms with Crippen molar-refractivity contribution in [3.8, 4) is 0 Å². The molecule has 0 unspecified atom stereocenters. The third-order valence-electron chi connectivity index (χ3n) is 4.08. The molecule has 110 valence electrons. The molecular formula is C18H20O3. The van der Waals surface area contributed by atoms with Gasteiger partial charge in [-0.2, -0.15) is 0 Å². The summed E-state index contributed by atoms with van der Waals surface area (Å²) in [5.74, 6) is 0. The predicted molar refractivity (Wildman–Crippen MR) is 84.2 cm³/mol. The predicted octanol–water partition coefficient (Wildman–Crippen LogP) is 4.47. The standard InChI is InChI=1S/C18H20O3/c1-3-15(19)13-9-5-7-11-12-8-6-10-14(16(20)4-2)18(12)21-17(11)13/h5-10,15-16,19-20H,3-4H2,1-2H3/t15-,16-/m0/s1. The number of benzene rings is 2. The summed E-state index contributed by atoms with van der Waals surface area (Å²) < 4.78 is 6.04. The fraction of sp³-hybridized carbons (Fsp3) is 0.333.